The maximum absolute atomic E-state index is 10.8. The molecular formula is C9H19N3O4. The number of aliphatic hydroxyl groups excluding tert-OH is 3. The molecule has 0 unspecified atom stereocenters. The van der Waals surface area contributed by atoms with E-state index in [0.717, 1.165) is 0 Å². The fourth-order valence-corrected chi connectivity index (χ4v) is 2.06. The van der Waals surface area contributed by atoms with Gasteiger partial charge in [-0.2, -0.15) is 0 Å². The van der Waals surface area contributed by atoms with Crippen LogP contribution in [0, 0.1) is 0 Å². The Morgan fingerprint density at radius 1 is 1.38 bits per heavy atom. The molecule has 1 rings (SSSR count). The molecule has 0 aliphatic carbocycles. The Morgan fingerprint density at radius 3 is 2.38 bits per heavy atom. The van der Waals surface area contributed by atoms with Gasteiger partial charge in [-0.15, -0.1) is 0 Å². The van der Waals surface area contributed by atoms with Gasteiger partial charge in [0.1, 0.15) is 0 Å². The quantitative estimate of drug-likeness (QED) is 0.349. The number of nitrogens with zero attached hydrogens (tertiary/aromatic N) is 1. The lowest BCUT2D eigenvalue weighted by molar-refractivity contribution is -0.119. The van der Waals surface area contributed by atoms with Crippen LogP contribution in [0.25, 0.3) is 0 Å². The van der Waals surface area contributed by atoms with E-state index in [4.69, 9.17) is 10.8 Å². The topological polar surface area (TPSA) is 119 Å². The predicted octanol–water partition coefficient (Wildman–Crippen LogP) is -3.19. The number of carbonyl (C=O) groups excluding carboxylic acids is 1. The molecule has 0 saturated carbocycles. The highest BCUT2D eigenvalue weighted by atomic mass is 16.3. The van der Waals surface area contributed by atoms with Gasteiger partial charge in [-0.1, -0.05) is 0 Å². The summed E-state index contributed by atoms with van der Waals surface area (Å²) in [4.78, 5) is 12.4. The van der Waals surface area contributed by atoms with Gasteiger partial charge in [-0.05, 0) is 0 Å². The maximum atomic E-state index is 10.8. The van der Waals surface area contributed by atoms with E-state index in [1.54, 1.807) is 4.90 Å². The van der Waals surface area contributed by atoms with Gasteiger partial charge >= 0.3 is 0 Å². The molecule has 6 N–H and O–H groups in total. The van der Waals surface area contributed by atoms with Crippen LogP contribution in [0.5, 0.6) is 0 Å². The van der Waals surface area contributed by atoms with Gasteiger partial charge in [0.05, 0.1) is 30.9 Å². The van der Waals surface area contributed by atoms with Crippen LogP contribution in [-0.4, -0.2) is 70.2 Å². The van der Waals surface area contributed by atoms with E-state index in [9.17, 15) is 15.0 Å². The number of rotatable bonds is 4. The molecule has 94 valence electrons. The van der Waals surface area contributed by atoms with E-state index < -0.39 is 24.3 Å². The first-order chi connectivity index (χ1) is 7.52. The second-order valence-corrected chi connectivity index (χ2v) is 3.93. The molecule has 1 saturated heterocycles. The second kappa shape index (κ2) is 5.55. The first-order valence-corrected chi connectivity index (χ1v) is 5.20. The molecule has 1 heterocycles. The Kier molecular flexibility index (Phi) is 4.63. The molecule has 1 amide bonds. The zero-order valence-corrected chi connectivity index (χ0v) is 9.21. The summed E-state index contributed by atoms with van der Waals surface area (Å²) in [5.41, 5.74) is 5.50. The number of nitrogens with one attached hydrogen (secondary N) is 1. The van der Waals surface area contributed by atoms with Crippen molar-refractivity contribution in [3.05, 3.63) is 0 Å². The van der Waals surface area contributed by atoms with Gasteiger partial charge < -0.3 is 26.4 Å². The van der Waals surface area contributed by atoms with Crippen LogP contribution < -0.4 is 11.1 Å². The standard InChI is InChI=1S/C9H19N3O4/c1-5(14)11-2-6-8(15)9(16)7(3-13)12(6)4-10/h6-9,13,15-16H,2-4,10H2,1H3,(H,11,14)/t6-,7-,8-,9-/m1/s1. The molecule has 0 bridgehead atoms. The second-order valence-electron chi connectivity index (χ2n) is 3.93. The highest BCUT2D eigenvalue weighted by molar-refractivity contribution is 5.72. The summed E-state index contributed by atoms with van der Waals surface area (Å²) in [5, 5.41) is 31.1. The lowest BCUT2D eigenvalue weighted by atomic mass is 10.1. The molecule has 0 aromatic heterocycles. The average Bonchev–Trinajstić information content (AvgIpc) is 2.48. The Labute approximate surface area is 93.8 Å². The van der Waals surface area contributed by atoms with Crippen molar-refractivity contribution in [3.8, 4) is 0 Å². The van der Waals surface area contributed by atoms with Gasteiger partial charge in [0, 0.05) is 20.1 Å². The first kappa shape index (κ1) is 13.3. The summed E-state index contributed by atoms with van der Waals surface area (Å²) in [6.07, 6.45) is -2.07. The highest BCUT2D eigenvalue weighted by Crippen LogP contribution is 2.23. The highest BCUT2D eigenvalue weighted by Gasteiger charge is 2.46. The third-order valence-electron chi connectivity index (χ3n) is 2.95. The molecule has 7 heteroatoms. The lowest BCUT2D eigenvalue weighted by Crippen LogP contribution is -2.49. The van der Waals surface area contributed by atoms with Crippen LogP contribution in [-0.2, 0) is 4.79 Å². The van der Waals surface area contributed by atoms with Crippen LogP contribution in [0.1, 0.15) is 6.92 Å². The van der Waals surface area contributed by atoms with Gasteiger partial charge in [-0.25, -0.2) is 0 Å². The van der Waals surface area contributed by atoms with E-state index >= 15 is 0 Å². The SMILES string of the molecule is CC(=O)NC[C@@H]1[C@@H](O)[C@H](O)[C@@H](CO)N1CN. The largest absolute Gasteiger partial charge is 0.395 e. The summed E-state index contributed by atoms with van der Waals surface area (Å²) < 4.78 is 0. The summed E-state index contributed by atoms with van der Waals surface area (Å²) >= 11 is 0. The number of nitrogens with two attached hydrogens (primary N) is 1. The van der Waals surface area contributed by atoms with Gasteiger partial charge in [-0.3, -0.25) is 9.69 Å². The van der Waals surface area contributed by atoms with E-state index in [1.807, 2.05) is 0 Å². The Bertz CT molecular complexity index is 251. The summed E-state index contributed by atoms with van der Waals surface area (Å²) in [6.45, 7) is 1.38. The van der Waals surface area contributed by atoms with E-state index in [1.165, 1.54) is 6.92 Å². The summed E-state index contributed by atoms with van der Waals surface area (Å²) in [5.74, 6) is -0.217. The number of likely N-dealkylation sites (tertiary alicyclic amines) is 1. The molecule has 4 atom stereocenters. The minimum atomic E-state index is -1.05. The van der Waals surface area contributed by atoms with Crippen molar-refractivity contribution < 1.29 is 20.1 Å². The Hall–Kier alpha value is -0.730. The number of aliphatic hydroxyl groups is 3. The lowest BCUT2D eigenvalue weighted by Gasteiger charge is -2.27. The van der Waals surface area contributed by atoms with E-state index in [-0.39, 0.29) is 25.7 Å². The minimum absolute atomic E-state index is 0.101. The van der Waals surface area contributed by atoms with Crippen molar-refractivity contribution in [2.75, 3.05) is 19.8 Å². The zero-order chi connectivity index (χ0) is 12.3. The molecule has 16 heavy (non-hydrogen) atoms. The van der Waals surface area contributed by atoms with E-state index in [2.05, 4.69) is 5.32 Å². The molecule has 1 aliphatic rings. The molecule has 0 aromatic carbocycles. The molecule has 0 radical (unpaired) electrons. The molecule has 1 aliphatic heterocycles. The van der Waals surface area contributed by atoms with Gasteiger partial charge in [0.2, 0.25) is 5.91 Å². The van der Waals surface area contributed by atoms with Crippen LogP contribution in [0.2, 0.25) is 0 Å². The van der Waals surface area contributed by atoms with Crippen LogP contribution >= 0.6 is 0 Å². The monoisotopic (exact) mass is 233 g/mol. The molecular weight excluding hydrogens is 214 g/mol. The predicted molar refractivity (Wildman–Crippen MR) is 56.3 cm³/mol. The maximum Gasteiger partial charge on any atom is 0.216 e. The normalized spacial score (nSPS) is 35.3. The Morgan fingerprint density at radius 2 is 1.94 bits per heavy atom. The number of hydrogen-bond acceptors (Lipinski definition) is 6. The van der Waals surface area contributed by atoms with Crippen molar-refractivity contribution >= 4 is 5.91 Å². The van der Waals surface area contributed by atoms with Crippen LogP contribution in [0.15, 0.2) is 0 Å². The van der Waals surface area contributed by atoms with Gasteiger partial charge in [0.25, 0.3) is 0 Å². The molecule has 1 fully saturated rings. The fraction of sp³-hybridized carbons (Fsp3) is 0.889. The number of hydrogen-bond donors (Lipinski definition) is 5. The third kappa shape index (κ3) is 2.50. The van der Waals surface area contributed by atoms with Crippen molar-refractivity contribution in [3.63, 3.8) is 0 Å². The number of amides is 1. The Balaban J connectivity index is 2.69. The van der Waals surface area contributed by atoms with Crippen molar-refractivity contribution in [1.29, 1.82) is 0 Å². The summed E-state index contributed by atoms with van der Waals surface area (Å²) in [7, 11) is 0. The molecule has 7 nitrogen and oxygen atoms in total. The first-order valence-electron chi connectivity index (χ1n) is 5.20. The third-order valence-corrected chi connectivity index (χ3v) is 2.95. The van der Waals surface area contributed by atoms with E-state index in [0.29, 0.717) is 0 Å². The zero-order valence-electron chi connectivity index (χ0n) is 9.21. The van der Waals surface area contributed by atoms with Gasteiger partial charge in [0.15, 0.2) is 0 Å². The minimum Gasteiger partial charge on any atom is -0.395 e. The molecule has 0 spiro atoms. The molecule has 0 aromatic rings. The fourth-order valence-electron chi connectivity index (χ4n) is 2.06. The summed E-state index contributed by atoms with van der Waals surface area (Å²) in [6, 6.07) is -1.06. The van der Waals surface area contributed by atoms with Crippen molar-refractivity contribution in [1.82, 2.24) is 10.2 Å². The van der Waals surface area contributed by atoms with Crippen LogP contribution in [0.3, 0.4) is 0 Å². The van der Waals surface area contributed by atoms with Crippen molar-refractivity contribution in [2.45, 2.75) is 31.2 Å². The smallest absolute Gasteiger partial charge is 0.216 e. The van der Waals surface area contributed by atoms with Crippen molar-refractivity contribution in [2.24, 2.45) is 5.73 Å². The van der Waals surface area contributed by atoms with Crippen LogP contribution in [0.4, 0.5) is 0 Å². The number of carbonyl (C=O) groups is 1. The average molecular weight is 233 g/mol.